The van der Waals surface area contributed by atoms with Crippen LogP contribution in [0.2, 0.25) is 0 Å². The molecule has 0 aliphatic carbocycles. The van der Waals surface area contributed by atoms with Crippen LogP contribution in [0.1, 0.15) is 50.8 Å². The van der Waals surface area contributed by atoms with Crippen molar-refractivity contribution in [1.29, 1.82) is 0 Å². The summed E-state index contributed by atoms with van der Waals surface area (Å²) in [4.78, 5) is 0. The Morgan fingerprint density at radius 1 is 1.11 bits per heavy atom. The zero-order chi connectivity index (χ0) is 14.5. The van der Waals surface area contributed by atoms with E-state index in [1.54, 1.807) is 6.07 Å². The molecule has 1 aromatic carbocycles. The molecule has 0 aliphatic rings. The summed E-state index contributed by atoms with van der Waals surface area (Å²) in [6.45, 7) is 6.87. The maximum absolute atomic E-state index is 12.8. The quantitative estimate of drug-likeness (QED) is 0.785. The lowest BCUT2D eigenvalue weighted by Gasteiger charge is -2.27. The van der Waals surface area contributed by atoms with Crippen LogP contribution in [0, 0.1) is 5.92 Å². The molecule has 1 nitrogen and oxygen atoms in total. The van der Waals surface area contributed by atoms with Crippen LogP contribution in [-0.4, -0.2) is 6.54 Å². The lowest BCUT2D eigenvalue weighted by atomic mass is 9.88. The molecule has 0 saturated heterocycles. The first-order valence-electron chi connectivity index (χ1n) is 6.84. The molecule has 1 rings (SSSR count). The highest BCUT2D eigenvalue weighted by Crippen LogP contribution is 2.33. The Balaban J connectivity index is 3.09. The monoisotopic (exact) mass is 273 g/mol. The Bertz CT molecular complexity index is 383. The van der Waals surface area contributed by atoms with Gasteiger partial charge < -0.3 is 5.32 Å². The predicted molar refractivity (Wildman–Crippen MR) is 71.9 cm³/mol. The summed E-state index contributed by atoms with van der Waals surface area (Å²) in [5.74, 6) is 0.350. The first-order chi connectivity index (χ1) is 8.93. The molecule has 0 heterocycles. The van der Waals surface area contributed by atoms with Crippen molar-refractivity contribution in [2.45, 2.75) is 45.8 Å². The van der Waals surface area contributed by atoms with Gasteiger partial charge in [0.05, 0.1) is 5.56 Å². The number of nitrogens with one attached hydrogen (secondary N) is 1. The van der Waals surface area contributed by atoms with Crippen LogP contribution in [0.25, 0.3) is 0 Å². The molecule has 0 radical (unpaired) electrons. The van der Waals surface area contributed by atoms with E-state index >= 15 is 0 Å². The summed E-state index contributed by atoms with van der Waals surface area (Å²) in [5.41, 5.74) is 0.157. The van der Waals surface area contributed by atoms with E-state index in [0.717, 1.165) is 31.0 Å². The summed E-state index contributed by atoms with van der Waals surface area (Å²) in [5, 5.41) is 3.31. The van der Waals surface area contributed by atoms with Crippen molar-refractivity contribution >= 4 is 0 Å². The first-order valence-corrected chi connectivity index (χ1v) is 6.84. The van der Waals surface area contributed by atoms with Gasteiger partial charge in [-0.05, 0) is 30.2 Å². The minimum absolute atomic E-state index is 0.0118. The molecular weight excluding hydrogens is 251 g/mol. The molecule has 1 aromatic rings. The molecule has 1 unspecified atom stereocenters. The van der Waals surface area contributed by atoms with Gasteiger partial charge in [0, 0.05) is 6.04 Å². The van der Waals surface area contributed by atoms with E-state index in [9.17, 15) is 13.2 Å². The Hall–Kier alpha value is -1.03. The highest BCUT2D eigenvalue weighted by molar-refractivity contribution is 5.28. The molecule has 0 amide bonds. The van der Waals surface area contributed by atoms with Gasteiger partial charge >= 0.3 is 6.18 Å². The van der Waals surface area contributed by atoms with Crippen LogP contribution in [0.3, 0.4) is 0 Å². The number of hydrogen-bond donors (Lipinski definition) is 1. The summed E-state index contributed by atoms with van der Waals surface area (Å²) in [7, 11) is 0. The van der Waals surface area contributed by atoms with E-state index in [1.807, 2.05) is 6.92 Å². The van der Waals surface area contributed by atoms with E-state index in [-0.39, 0.29) is 6.04 Å². The Kier molecular flexibility index (Phi) is 5.85. The number of rotatable bonds is 6. The van der Waals surface area contributed by atoms with Gasteiger partial charge in [0.2, 0.25) is 0 Å². The summed E-state index contributed by atoms with van der Waals surface area (Å²) >= 11 is 0. The van der Waals surface area contributed by atoms with Gasteiger partial charge in [-0.3, -0.25) is 0 Å². The van der Waals surface area contributed by atoms with Gasteiger partial charge in [0.15, 0.2) is 0 Å². The van der Waals surface area contributed by atoms with E-state index < -0.39 is 11.7 Å². The molecule has 0 bridgehead atoms. The number of alkyl halides is 3. The van der Waals surface area contributed by atoms with Crippen molar-refractivity contribution in [2.24, 2.45) is 5.92 Å². The van der Waals surface area contributed by atoms with Crippen LogP contribution in [0.5, 0.6) is 0 Å². The Morgan fingerprint density at radius 3 is 2.21 bits per heavy atom. The minimum Gasteiger partial charge on any atom is -0.310 e. The minimum atomic E-state index is -4.28. The smallest absolute Gasteiger partial charge is 0.310 e. The second-order valence-electron chi connectivity index (χ2n) is 4.74. The normalized spacial score (nSPS) is 13.8. The van der Waals surface area contributed by atoms with Crippen LogP contribution in [0.15, 0.2) is 24.3 Å². The van der Waals surface area contributed by atoms with Crippen molar-refractivity contribution in [1.82, 2.24) is 5.32 Å². The van der Waals surface area contributed by atoms with Crippen molar-refractivity contribution in [3.8, 4) is 0 Å². The standard InChI is InChI=1S/C15H22F3N/c1-4-11(5-2)14(19-6-3)12-8-7-9-13(10-12)15(16,17)18/h7-11,14,19H,4-6H2,1-3H3. The van der Waals surface area contributed by atoms with Crippen LogP contribution >= 0.6 is 0 Å². The van der Waals surface area contributed by atoms with E-state index in [0.29, 0.717) is 5.92 Å². The lowest BCUT2D eigenvalue weighted by Crippen LogP contribution is -2.28. The molecule has 0 spiro atoms. The second-order valence-corrected chi connectivity index (χ2v) is 4.74. The highest BCUT2D eigenvalue weighted by Gasteiger charge is 2.31. The third kappa shape index (κ3) is 4.23. The average Bonchev–Trinajstić information content (AvgIpc) is 2.38. The zero-order valence-corrected chi connectivity index (χ0v) is 11.7. The van der Waals surface area contributed by atoms with Crippen molar-refractivity contribution in [3.05, 3.63) is 35.4 Å². The number of hydrogen-bond acceptors (Lipinski definition) is 1. The Morgan fingerprint density at radius 2 is 1.74 bits per heavy atom. The van der Waals surface area contributed by atoms with E-state index in [4.69, 9.17) is 0 Å². The fourth-order valence-corrected chi connectivity index (χ4v) is 2.45. The van der Waals surface area contributed by atoms with Gasteiger partial charge in [-0.15, -0.1) is 0 Å². The van der Waals surface area contributed by atoms with Crippen molar-refractivity contribution < 1.29 is 13.2 Å². The van der Waals surface area contributed by atoms with E-state index in [1.165, 1.54) is 12.1 Å². The molecule has 1 atom stereocenters. The van der Waals surface area contributed by atoms with Gasteiger partial charge in [0.1, 0.15) is 0 Å². The van der Waals surface area contributed by atoms with Gasteiger partial charge in [-0.25, -0.2) is 0 Å². The molecule has 1 N–H and O–H groups in total. The molecule has 0 saturated carbocycles. The van der Waals surface area contributed by atoms with Crippen LogP contribution < -0.4 is 5.32 Å². The molecule has 0 aromatic heterocycles. The molecule has 0 aliphatic heterocycles. The Labute approximate surface area is 113 Å². The van der Waals surface area contributed by atoms with Crippen LogP contribution in [-0.2, 0) is 6.18 Å². The SMILES string of the molecule is CCNC(c1cccc(C(F)(F)F)c1)C(CC)CC. The molecule has 0 fully saturated rings. The largest absolute Gasteiger partial charge is 0.416 e. The highest BCUT2D eigenvalue weighted by atomic mass is 19.4. The predicted octanol–water partition coefficient (Wildman–Crippen LogP) is 4.79. The van der Waals surface area contributed by atoms with Crippen molar-refractivity contribution in [2.75, 3.05) is 6.54 Å². The summed E-state index contributed by atoms with van der Waals surface area (Å²) in [6, 6.07) is 5.65. The van der Waals surface area contributed by atoms with E-state index in [2.05, 4.69) is 19.2 Å². The van der Waals surface area contributed by atoms with Gasteiger partial charge in [0.25, 0.3) is 0 Å². The zero-order valence-electron chi connectivity index (χ0n) is 11.7. The fraction of sp³-hybridized carbons (Fsp3) is 0.600. The molecular formula is C15H22F3N. The summed E-state index contributed by atoms with van der Waals surface area (Å²) < 4.78 is 38.3. The van der Waals surface area contributed by atoms with Crippen LogP contribution in [0.4, 0.5) is 13.2 Å². The maximum Gasteiger partial charge on any atom is 0.416 e. The van der Waals surface area contributed by atoms with Crippen molar-refractivity contribution in [3.63, 3.8) is 0 Å². The topological polar surface area (TPSA) is 12.0 Å². The molecule has 108 valence electrons. The van der Waals surface area contributed by atoms with Gasteiger partial charge in [-0.1, -0.05) is 45.7 Å². The third-order valence-electron chi connectivity index (χ3n) is 3.52. The number of benzene rings is 1. The average molecular weight is 273 g/mol. The number of halogens is 3. The lowest BCUT2D eigenvalue weighted by molar-refractivity contribution is -0.137. The fourth-order valence-electron chi connectivity index (χ4n) is 2.45. The molecule has 19 heavy (non-hydrogen) atoms. The first kappa shape index (κ1) is 16.0. The van der Waals surface area contributed by atoms with Gasteiger partial charge in [-0.2, -0.15) is 13.2 Å². The maximum atomic E-state index is 12.8. The second kappa shape index (κ2) is 6.94. The molecule has 4 heteroatoms. The summed E-state index contributed by atoms with van der Waals surface area (Å²) in [6.07, 6.45) is -2.38. The third-order valence-corrected chi connectivity index (χ3v) is 3.52.